The lowest BCUT2D eigenvalue weighted by atomic mass is 10.1. The van der Waals surface area contributed by atoms with Crippen LogP contribution in [0.2, 0.25) is 0 Å². The number of carbonyl (C=O) groups is 1. The minimum atomic E-state index is -0.945. The van der Waals surface area contributed by atoms with Crippen molar-refractivity contribution in [1.29, 1.82) is 0 Å². The van der Waals surface area contributed by atoms with Gasteiger partial charge >= 0.3 is 5.97 Å². The third-order valence-electron chi connectivity index (χ3n) is 2.28. The van der Waals surface area contributed by atoms with Gasteiger partial charge in [-0.2, -0.15) is 0 Å². The highest BCUT2D eigenvalue weighted by molar-refractivity contribution is 6.29. The quantitative estimate of drug-likeness (QED) is 0.676. The zero-order valence-electron chi connectivity index (χ0n) is 8.46. The number of carboxylic acids is 1. The van der Waals surface area contributed by atoms with Gasteiger partial charge in [0.1, 0.15) is 5.38 Å². The summed E-state index contributed by atoms with van der Waals surface area (Å²) in [6.45, 7) is 4.59. The van der Waals surface area contributed by atoms with Crippen LogP contribution >= 0.6 is 11.6 Å². The van der Waals surface area contributed by atoms with Crippen LogP contribution < -0.4 is 0 Å². The SMILES string of the molecule is CCC(CC)N(C)CC(Cl)C(=O)O. The molecule has 0 aromatic heterocycles. The zero-order chi connectivity index (χ0) is 10.4. The number of halogens is 1. The number of carboxylic acid groups (broad SMARTS) is 1. The molecule has 0 aliphatic carbocycles. The Morgan fingerprint density at radius 1 is 1.46 bits per heavy atom. The maximum atomic E-state index is 10.5. The maximum Gasteiger partial charge on any atom is 0.322 e. The fourth-order valence-corrected chi connectivity index (χ4v) is 1.61. The molecular weight excluding hydrogens is 190 g/mol. The molecule has 0 rings (SSSR count). The lowest BCUT2D eigenvalue weighted by molar-refractivity contribution is -0.137. The number of hydrogen-bond acceptors (Lipinski definition) is 2. The molecule has 0 saturated carbocycles. The van der Waals surface area contributed by atoms with E-state index >= 15 is 0 Å². The van der Waals surface area contributed by atoms with Gasteiger partial charge in [-0.15, -0.1) is 11.6 Å². The Kier molecular flexibility index (Phi) is 6.08. The Morgan fingerprint density at radius 3 is 2.23 bits per heavy atom. The number of alkyl halides is 1. The van der Waals surface area contributed by atoms with E-state index in [0.717, 1.165) is 12.8 Å². The molecule has 1 N–H and O–H groups in total. The molecule has 0 spiro atoms. The van der Waals surface area contributed by atoms with Crippen LogP contribution in [-0.2, 0) is 4.79 Å². The van der Waals surface area contributed by atoms with E-state index in [4.69, 9.17) is 16.7 Å². The van der Waals surface area contributed by atoms with Gasteiger partial charge in [0.25, 0.3) is 0 Å². The predicted octanol–water partition coefficient (Wildman–Crippen LogP) is 1.80. The molecule has 0 bridgehead atoms. The molecule has 1 unspecified atom stereocenters. The molecule has 1 atom stereocenters. The maximum absolute atomic E-state index is 10.5. The normalized spacial score (nSPS) is 13.7. The minimum Gasteiger partial charge on any atom is -0.480 e. The highest BCUT2D eigenvalue weighted by atomic mass is 35.5. The van der Waals surface area contributed by atoms with Crippen molar-refractivity contribution in [1.82, 2.24) is 4.90 Å². The number of nitrogens with zero attached hydrogens (tertiary/aromatic N) is 1. The van der Waals surface area contributed by atoms with Gasteiger partial charge in [-0.25, -0.2) is 0 Å². The zero-order valence-corrected chi connectivity index (χ0v) is 9.21. The fourth-order valence-electron chi connectivity index (χ4n) is 1.39. The van der Waals surface area contributed by atoms with E-state index in [1.54, 1.807) is 0 Å². The van der Waals surface area contributed by atoms with Gasteiger partial charge in [-0.05, 0) is 19.9 Å². The van der Waals surface area contributed by atoms with Crippen molar-refractivity contribution in [3.05, 3.63) is 0 Å². The summed E-state index contributed by atoms with van der Waals surface area (Å²) in [7, 11) is 1.91. The third-order valence-corrected chi connectivity index (χ3v) is 2.61. The predicted molar refractivity (Wildman–Crippen MR) is 54.3 cm³/mol. The van der Waals surface area contributed by atoms with Gasteiger partial charge in [0.2, 0.25) is 0 Å². The van der Waals surface area contributed by atoms with E-state index in [9.17, 15) is 4.79 Å². The molecule has 0 heterocycles. The molecule has 3 nitrogen and oxygen atoms in total. The van der Waals surface area contributed by atoms with E-state index < -0.39 is 11.3 Å². The van der Waals surface area contributed by atoms with Crippen molar-refractivity contribution in [3.8, 4) is 0 Å². The molecule has 0 fully saturated rings. The van der Waals surface area contributed by atoms with Crippen LogP contribution in [0.1, 0.15) is 26.7 Å². The van der Waals surface area contributed by atoms with Crippen LogP contribution in [0.3, 0.4) is 0 Å². The molecule has 0 aromatic carbocycles. The molecule has 0 aromatic rings. The second-order valence-corrected chi connectivity index (χ2v) is 3.74. The molecular formula is C9H18ClNO2. The van der Waals surface area contributed by atoms with E-state index in [0.29, 0.717) is 12.6 Å². The Balaban J connectivity index is 3.96. The summed E-state index contributed by atoms with van der Waals surface area (Å²) >= 11 is 5.63. The first kappa shape index (κ1) is 12.7. The van der Waals surface area contributed by atoms with E-state index in [-0.39, 0.29) is 0 Å². The topological polar surface area (TPSA) is 40.5 Å². The summed E-state index contributed by atoms with van der Waals surface area (Å²) < 4.78 is 0. The van der Waals surface area contributed by atoms with Crippen molar-refractivity contribution < 1.29 is 9.90 Å². The number of aliphatic carboxylic acids is 1. The second-order valence-electron chi connectivity index (χ2n) is 3.22. The highest BCUT2D eigenvalue weighted by Crippen LogP contribution is 2.08. The van der Waals surface area contributed by atoms with Gasteiger partial charge in [-0.1, -0.05) is 13.8 Å². The molecule has 0 aliphatic heterocycles. The lowest BCUT2D eigenvalue weighted by Gasteiger charge is -2.26. The summed E-state index contributed by atoms with van der Waals surface area (Å²) in [5.41, 5.74) is 0. The van der Waals surface area contributed by atoms with E-state index in [1.165, 1.54) is 0 Å². The second kappa shape index (κ2) is 6.22. The van der Waals surface area contributed by atoms with E-state index in [2.05, 4.69) is 13.8 Å². The van der Waals surface area contributed by atoms with Gasteiger partial charge in [-0.3, -0.25) is 4.79 Å². The average Bonchev–Trinajstić information content (AvgIpc) is 2.06. The average molecular weight is 208 g/mol. The molecule has 0 radical (unpaired) electrons. The van der Waals surface area contributed by atoms with Crippen LogP contribution in [-0.4, -0.2) is 41.0 Å². The summed E-state index contributed by atoms with van der Waals surface area (Å²) in [6.07, 6.45) is 2.05. The van der Waals surface area contributed by atoms with Crippen molar-refractivity contribution >= 4 is 17.6 Å². The monoisotopic (exact) mass is 207 g/mol. The first-order valence-corrected chi connectivity index (χ1v) is 5.03. The molecule has 0 aliphatic rings. The molecule has 0 saturated heterocycles. The van der Waals surface area contributed by atoms with Gasteiger partial charge in [0, 0.05) is 12.6 Å². The van der Waals surface area contributed by atoms with Gasteiger partial charge in [0.15, 0.2) is 0 Å². The molecule has 13 heavy (non-hydrogen) atoms. The Morgan fingerprint density at radius 2 is 1.92 bits per heavy atom. The third kappa shape index (κ3) is 4.48. The first-order valence-electron chi connectivity index (χ1n) is 4.60. The van der Waals surface area contributed by atoms with Gasteiger partial charge < -0.3 is 10.0 Å². The van der Waals surface area contributed by atoms with Crippen LogP contribution in [0.25, 0.3) is 0 Å². The Hall–Kier alpha value is -0.280. The Bertz CT molecular complexity index is 160. The standard InChI is InChI=1S/C9H18ClNO2/c1-4-7(5-2)11(3)6-8(10)9(12)13/h7-8H,4-6H2,1-3H3,(H,12,13). The van der Waals surface area contributed by atoms with Crippen LogP contribution in [0, 0.1) is 0 Å². The number of rotatable bonds is 6. The lowest BCUT2D eigenvalue weighted by Crippen LogP contribution is -2.37. The summed E-state index contributed by atoms with van der Waals surface area (Å²) in [6, 6.07) is 0.431. The molecule has 78 valence electrons. The summed E-state index contributed by atoms with van der Waals surface area (Å²) in [5, 5.41) is 7.80. The molecule has 4 heteroatoms. The van der Waals surface area contributed by atoms with E-state index in [1.807, 2.05) is 11.9 Å². The largest absolute Gasteiger partial charge is 0.480 e. The van der Waals surface area contributed by atoms with Gasteiger partial charge in [0.05, 0.1) is 0 Å². The number of hydrogen-bond donors (Lipinski definition) is 1. The van der Waals surface area contributed by atoms with Crippen molar-refractivity contribution in [3.63, 3.8) is 0 Å². The highest BCUT2D eigenvalue weighted by Gasteiger charge is 2.19. The van der Waals surface area contributed by atoms with Crippen LogP contribution in [0.4, 0.5) is 0 Å². The van der Waals surface area contributed by atoms with Crippen LogP contribution in [0.15, 0.2) is 0 Å². The summed E-state index contributed by atoms with van der Waals surface area (Å²) in [4.78, 5) is 12.5. The first-order chi connectivity index (χ1) is 6.02. The summed E-state index contributed by atoms with van der Waals surface area (Å²) in [5.74, 6) is -0.945. The van der Waals surface area contributed by atoms with Crippen molar-refractivity contribution in [2.24, 2.45) is 0 Å². The Labute approximate surface area is 84.7 Å². The fraction of sp³-hybridized carbons (Fsp3) is 0.889. The van der Waals surface area contributed by atoms with Crippen LogP contribution in [0.5, 0.6) is 0 Å². The smallest absolute Gasteiger partial charge is 0.322 e. The minimum absolute atomic E-state index is 0.406. The molecule has 0 amide bonds. The van der Waals surface area contributed by atoms with Crippen molar-refractivity contribution in [2.45, 2.75) is 38.1 Å². The van der Waals surface area contributed by atoms with Crippen molar-refractivity contribution in [2.75, 3.05) is 13.6 Å².